The molecule has 2 rings (SSSR count). The summed E-state index contributed by atoms with van der Waals surface area (Å²) in [7, 11) is 2.09. The molecule has 1 aliphatic rings. The second-order valence-corrected chi connectivity index (χ2v) is 7.08. The Morgan fingerprint density at radius 1 is 1.32 bits per heavy atom. The highest BCUT2D eigenvalue weighted by Crippen LogP contribution is 2.30. The van der Waals surface area contributed by atoms with E-state index in [0.717, 1.165) is 25.9 Å². The van der Waals surface area contributed by atoms with Crippen molar-refractivity contribution in [1.82, 2.24) is 10.2 Å². The van der Waals surface area contributed by atoms with Gasteiger partial charge in [0.1, 0.15) is 5.75 Å². The molecule has 1 saturated heterocycles. The first-order chi connectivity index (χ1) is 10.3. The van der Waals surface area contributed by atoms with Gasteiger partial charge >= 0.3 is 0 Å². The van der Waals surface area contributed by atoms with Crippen LogP contribution in [0.2, 0.25) is 10.0 Å². The Kier molecular flexibility index (Phi) is 5.59. The van der Waals surface area contributed by atoms with Crippen LogP contribution >= 0.6 is 23.2 Å². The van der Waals surface area contributed by atoms with Gasteiger partial charge in [-0.05, 0) is 59.0 Å². The second-order valence-electron chi connectivity index (χ2n) is 6.24. The summed E-state index contributed by atoms with van der Waals surface area (Å²) >= 11 is 12.0. The van der Waals surface area contributed by atoms with E-state index in [0.29, 0.717) is 15.8 Å². The van der Waals surface area contributed by atoms with Crippen LogP contribution in [0, 0.1) is 0 Å². The summed E-state index contributed by atoms with van der Waals surface area (Å²) in [6.07, 6.45) is 1.91. The highest BCUT2D eigenvalue weighted by Gasteiger charge is 2.32. The highest BCUT2D eigenvalue weighted by atomic mass is 35.5. The fourth-order valence-corrected chi connectivity index (χ4v) is 2.71. The molecule has 0 atom stereocenters. The fraction of sp³-hybridized carbons (Fsp3) is 0.562. The molecule has 1 aromatic carbocycles. The number of piperidine rings is 1. The molecule has 0 aromatic heterocycles. The molecule has 1 fully saturated rings. The molecule has 0 radical (unpaired) electrons. The minimum absolute atomic E-state index is 0.141. The lowest BCUT2D eigenvalue weighted by atomic mass is 10.0. The molecule has 6 heteroatoms. The molecule has 0 bridgehead atoms. The topological polar surface area (TPSA) is 41.6 Å². The normalized spacial score (nSPS) is 17.3. The van der Waals surface area contributed by atoms with Gasteiger partial charge in [0.2, 0.25) is 0 Å². The molecule has 0 saturated carbocycles. The number of carbonyl (C=O) groups is 1. The number of nitrogens with zero attached hydrogens (tertiary/aromatic N) is 1. The van der Waals surface area contributed by atoms with Crippen molar-refractivity contribution in [2.75, 3.05) is 20.1 Å². The van der Waals surface area contributed by atoms with Crippen LogP contribution in [0.3, 0.4) is 0 Å². The predicted molar refractivity (Wildman–Crippen MR) is 89.8 cm³/mol. The van der Waals surface area contributed by atoms with Crippen molar-refractivity contribution in [3.8, 4) is 5.75 Å². The van der Waals surface area contributed by atoms with E-state index >= 15 is 0 Å². The fourth-order valence-electron chi connectivity index (χ4n) is 2.39. The van der Waals surface area contributed by atoms with Crippen molar-refractivity contribution >= 4 is 29.1 Å². The van der Waals surface area contributed by atoms with Crippen LogP contribution in [0.1, 0.15) is 26.7 Å². The number of ether oxygens (including phenoxy) is 1. The molecule has 4 nitrogen and oxygen atoms in total. The molecule has 1 amide bonds. The summed E-state index contributed by atoms with van der Waals surface area (Å²) in [4.78, 5) is 14.7. The maximum atomic E-state index is 12.5. The lowest BCUT2D eigenvalue weighted by Crippen LogP contribution is -2.52. The summed E-state index contributed by atoms with van der Waals surface area (Å²) in [6, 6.07) is 5.16. The van der Waals surface area contributed by atoms with Crippen molar-refractivity contribution < 1.29 is 9.53 Å². The van der Waals surface area contributed by atoms with Crippen LogP contribution in [-0.4, -0.2) is 42.6 Å². The molecular weight excluding hydrogens is 323 g/mol. The first-order valence-corrected chi connectivity index (χ1v) is 8.17. The maximum absolute atomic E-state index is 12.5. The number of nitrogens with one attached hydrogen (secondary N) is 1. The zero-order valence-corrected chi connectivity index (χ0v) is 14.7. The van der Waals surface area contributed by atoms with E-state index < -0.39 is 5.60 Å². The maximum Gasteiger partial charge on any atom is 0.263 e. The molecule has 122 valence electrons. The van der Waals surface area contributed by atoms with Crippen molar-refractivity contribution in [3.63, 3.8) is 0 Å². The lowest BCUT2D eigenvalue weighted by molar-refractivity contribution is -0.135. The van der Waals surface area contributed by atoms with Crippen LogP contribution in [-0.2, 0) is 4.79 Å². The third-order valence-electron chi connectivity index (χ3n) is 3.86. The lowest BCUT2D eigenvalue weighted by Gasteiger charge is -2.32. The van der Waals surface area contributed by atoms with Crippen molar-refractivity contribution in [1.29, 1.82) is 0 Å². The molecule has 0 unspecified atom stereocenters. The van der Waals surface area contributed by atoms with Crippen molar-refractivity contribution in [2.24, 2.45) is 0 Å². The van der Waals surface area contributed by atoms with Crippen LogP contribution in [0.15, 0.2) is 18.2 Å². The number of halogens is 2. The van der Waals surface area contributed by atoms with E-state index in [2.05, 4.69) is 17.3 Å². The number of rotatable bonds is 4. The van der Waals surface area contributed by atoms with Gasteiger partial charge in [-0.3, -0.25) is 4.79 Å². The second kappa shape index (κ2) is 7.07. The van der Waals surface area contributed by atoms with Crippen molar-refractivity contribution in [3.05, 3.63) is 28.2 Å². The number of carbonyl (C=O) groups excluding carboxylic acids is 1. The van der Waals surface area contributed by atoms with Gasteiger partial charge in [0, 0.05) is 17.1 Å². The minimum Gasteiger partial charge on any atom is -0.476 e. The third-order valence-corrected chi connectivity index (χ3v) is 4.41. The van der Waals surface area contributed by atoms with Gasteiger partial charge in [-0.15, -0.1) is 0 Å². The molecule has 1 aromatic rings. The Balaban J connectivity index is 1.99. The van der Waals surface area contributed by atoms with E-state index in [1.165, 1.54) is 0 Å². The van der Waals surface area contributed by atoms with E-state index in [1.54, 1.807) is 32.0 Å². The number of benzene rings is 1. The summed E-state index contributed by atoms with van der Waals surface area (Å²) in [5, 5.41) is 4.02. The average molecular weight is 345 g/mol. The van der Waals surface area contributed by atoms with E-state index in [9.17, 15) is 4.79 Å². The molecule has 1 heterocycles. The molecule has 0 spiro atoms. The van der Waals surface area contributed by atoms with E-state index in [-0.39, 0.29) is 11.9 Å². The smallest absolute Gasteiger partial charge is 0.263 e. The Morgan fingerprint density at radius 3 is 2.59 bits per heavy atom. The van der Waals surface area contributed by atoms with Crippen LogP contribution < -0.4 is 10.1 Å². The first kappa shape index (κ1) is 17.4. The zero-order valence-electron chi connectivity index (χ0n) is 13.2. The first-order valence-electron chi connectivity index (χ1n) is 7.41. The molecule has 1 N–H and O–H groups in total. The van der Waals surface area contributed by atoms with Gasteiger partial charge in [0.25, 0.3) is 5.91 Å². The van der Waals surface area contributed by atoms with Crippen molar-refractivity contribution in [2.45, 2.75) is 38.3 Å². The summed E-state index contributed by atoms with van der Waals surface area (Å²) in [5.74, 6) is 0.274. The van der Waals surface area contributed by atoms with Gasteiger partial charge in [-0.1, -0.05) is 23.2 Å². The largest absolute Gasteiger partial charge is 0.476 e. The number of hydrogen-bond donors (Lipinski definition) is 1. The summed E-state index contributed by atoms with van der Waals surface area (Å²) in [5.41, 5.74) is -1.02. The quantitative estimate of drug-likeness (QED) is 0.910. The van der Waals surface area contributed by atoms with Gasteiger partial charge in [0.05, 0.1) is 5.02 Å². The summed E-state index contributed by atoms with van der Waals surface area (Å²) < 4.78 is 5.80. The number of likely N-dealkylation sites (tertiary alicyclic amines) is 1. The molecule has 0 aliphatic carbocycles. The Labute approximate surface area is 141 Å². The Morgan fingerprint density at radius 2 is 1.95 bits per heavy atom. The van der Waals surface area contributed by atoms with E-state index in [4.69, 9.17) is 27.9 Å². The van der Waals surface area contributed by atoms with E-state index in [1.807, 2.05) is 0 Å². The Bertz CT molecular complexity index is 541. The molecular formula is C16H22Cl2N2O2. The van der Waals surface area contributed by atoms with Crippen LogP contribution in [0.4, 0.5) is 0 Å². The standard InChI is InChI=1S/C16H22Cl2N2O2/c1-16(2,22-14-10-11(17)4-5-13(14)18)15(21)19-12-6-8-20(3)9-7-12/h4-5,10,12H,6-9H2,1-3H3,(H,19,21). The molecule has 22 heavy (non-hydrogen) atoms. The average Bonchev–Trinajstić information content (AvgIpc) is 2.45. The Hall–Kier alpha value is -0.970. The van der Waals surface area contributed by atoms with Gasteiger partial charge in [-0.2, -0.15) is 0 Å². The monoisotopic (exact) mass is 344 g/mol. The molecule has 1 aliphatic heterocycles. The highest BCUT2D eigenvalue weighted by molar-refractivity contribution is 6.34. The van der Waals surface area contributed by atoms with Crippen LogP contribution in [0.25, 0.3) is 0 Å². The van der Waals surface area contributed by atoms with Crippen LogP contribution in [0.5, 0.6) is 5.75 Å². The minimum atomic E-state index is -1.02. The number of hydrogen-bond acceptors (Lipinski definition) is 3. The third kappa shape index (κ3) is 4.51. The van der Waals surface area contributed by atoms with Gasteiger partial charge < -0.3 is 15.0 Å². The van der Waals surface area contributed by atoms with Gasteiger partial charge in [-0.25, -0.2) is 0 Å². The predicted octanol–water partition coefficient (Wildman–Crippen LogP) is 3.36. The number of amides is 1. The summed E-state index contributed by atoms with van der Waals surface area (Å²) in [6.45, 7) is 5.45. The SMILES string of the molecule is CN1CCC(NC(=O)C(C)(C)Oc2cc(Cl)ccc2Cl)CC1. The zero-order chi connectivity index (χ0) is 16.3. The van der Waals surface area contributed by atoms with Gasteiger partial charge in [0.15, 0.2) is 5.60 Å².